The Morgan fingerprint density at radius 2 is 1.65 bits per heavy atom. The van der Waals surface area contributed by atoms with Gasteiger partial charge in [-0.2, -0.15) is 0 Å². The topological polar surface area (TPSA) is 46.5 Å². The number of esters is 1. The van der Waals surface area contributed by atoms with Crippen molar-refractivity contribution < 1.29 is 14.6 Å². The van der Waals surface area contributed by atoms with Crippen molar-refractivity contribution in [3.63, 3.8) is 0 Å². The third-order valence-corrected chi connectivity index (χ3v) is 14.3. The number of fused-ring (bicyclic) bond motifs is 7. The Morgan fingerprint density at radius 1 is 0.925 bits per heavy atom. The van der Waals surface area contributed by atoms with E-state index in [0.717, 1.165) is 19.3 Å². The number of aliphatic hydroxyl groups is 1. The Hall–Kier alpha value is -2.03. The zero-order valence-corrected chi connectivity index (χ0v) is 25.9. The molecule has 0 spiro atoms. The molecule has 5 aliphatic carbocycles. The summed E-state index contributed by atoms with van der Waals surface area (Å²) in [6.07, 6.45) is 12.8. The van der Waals surface area contributed by atoms with E-state index in [1.54, 1.807) is 0 Å². The average molecular weight is 545 g/mol. The highest BCUT2D eigenvalue weighted by Crippen LogP contribution is 2.77. The molecular formula is C37H52O3. The minimum atomic E-state index is -0.182. The maximum atomic E-state index is 13.1. The van der Waals surface area contributed by atoms with Crippen LogP contribution < -0.4 is 0 Å². The van der Waals surface area contributed by atoms with Crippen LogP contribution in [0.1, 0.15) is 110 Å². The first-order valence-corrected chi connectivity index (χ1v) is 16.1. The molecule has 0 bridgehead atoms. The van der Waals surface area contributed by atoms with Crippen LogP contribution >= 0.6 is 0 Å². The number of carbonyl (C=O) groups excluding carboxylic acids is 1. The summed E-state index contributed by atoms with van der Waals surface area (Å²) in [6.45, 7) is 19.7. The SMILES string of the molecule is C=C(C)[C@@H]1CC[C@]2(COC(=O)c3ccccc3)CC[C@]3(C)[C@H](CCC4[C@@]5(C)CC=C(O)C(C)(C)C5CC[C@]43C)C12. The molecular weight excluding hydrogens is 492 g/mol. The highest BCUT2D eigenvalue weighted by Gasteiger charge is 2.70. The fraction of sp³-hybridized carbons (Fsp3) is 0.703. The zero-order chi connectivity index (χ0) is 28.7. The van der Waals surface area contributed by atoms with Gasteiger partial charge in [-0.15, -0.1) is 0 Å². The molecule has 0 amide bonds. The van der Waals surface area contributed by atoms with E-state index >= 15 is 0 Å². The van der Waals surface area contributed by atoms with E-state index in [0.29, 0.717) is 47.5 Å². The summed E-state index contributed by atoms with van der Waals surface area (Å²) >= 11 is 0. The molecule has 1 aromatic carbocycles. The molecule has 0 aromatic heterocycles. The van der Waals surface area contributed by atoms with Gasteiger partial charge >= 0.3 is 5.97 Å². The second kappa shape index (κ2) is 9.23. The molecule has 6 rings (SSSR count). The Bertz CT molecular complexity index is 1210. The van der Waals surface area contributed by atoms with Crippen molar-refractivity contribution in [3.05, 3.63) is 59.9 Å². The van der Waals surface area contributed by atoms with Gasteiger partial charge in [-0.3, -0.25) is 0 Å². The van der Waals surface area contributed by atoms with E-state index in [2.05, 4.69) is 54.2 Å². The molecule has 5 aliphatic rings. The first-order chi connectivity index (χ1) is 18.8. The summed E-state index contributed by atoms with van der Waals surface area (Å²) < 4.78 is 6.17. The number of carbonyl (C=O) groups is 1. The Morgan fingerprint density at radius 3 is 2.35 bits per heavy atom. The third-order valence-electron chi connectivity index (χ3n) is 14.3. The smallest absolute Gasteiger partial charge is 0.338 e. The second-order valence-electron chi connectivity index (χ2n) is 16.0. The molecule has 1 aromatic rings. The van der Waals surface area contributed by atoms with Gasteiger partial charge in [0.2, 0.25) is 0 Å². The van der Waals surface area contributed by atoms with Crippen LogP contribution in [-0.2, 0) is 4.74 Å². The minimum absolute atomic E-state index is 0.0594. The van der Waals surface area contributed by atoms with Gasteiger partial charge in [-0.05, 0) is 129 Å². The molecule has 218 valence electrons. The van der Waals surface area contributed by atoms with Gasteiger partial charge in [0.25, 0.3) is 0 Å². The van der Waals surface area contributed by atoms with Crippen LogP contribution in [-0.4, -0.2) is 17.7 Å². The highest BCUT2D eigenvalue weighted by molar-refractivity contribution is 5.89. The molecule has 4 saturated carbocycles. The van der Waals surface area contributed by atoms with Gasteiger partial charge in [0, 0.05) is 10.8 Å². The maximum Gasteiger partial charge on any atom is 0.338 e. The van der Waals surface area contributed by atoms with E-state index < -0.39 is 0 Å². The van der Waals surface area contributed by atoms with Crippen LogP contribution in [0.4, 0.5) is 0 Å². The van der Waals surface area contributed by atoms with Gasteiger partial charge in [0.05, 0.1) is 17.9 Å². The molecule has 3 nitrogen and oxygen atoms in total. The standard InChI is InChI=1S/C37H52O3/c1-24(2)26-15-20-37(23-40-32(39)25-11-9-8-10-12-25)22-21-35(6)27(31(26)37)13-14-29-34(5)18-17-30(38)33(3,4)28(34)16-19-36(29,35)7/h8-12,17,26-29,31,38H,1,13-16,18-23H2,2-7H3/t26-,27+,28?,29?,31?,34-,35+,36+,37+/m0/s1. The molecule has 40 heavy (non-hydrogen) atoms. The number of hydrogen-bond donors (Lipinski definition) is 1. The van der Waals surface area contributed by atoms with Gasteiger partial charge < -0.3 is 9.84 Å². The number of benzene rings is 1. The molecule has 3 heteroatoms. The average Bonchev–Trinajstić information content (AvgIpc) is 3.31. The Balaban J connectivity index is 1.33. The van der Waals surface area contributed by atoms with Gasteiger partial charge in [0.1, 0.15) is 0 Å². The molecule has 3 unspecified atom stereocenters. The minimum Gasteiger partial charge on any atom is -0.512 e. The van der Waals surface area contributed by atoms with E-state index in [4.69, 9.17) is 4.74 Å². The predicted octanol–water partition coefficient (Wildman–Crippen LogP) is 9.55. The van der Waals surface area contributed by atoms with Crippen molar-refractivity contribution in [1.82, 2.24) is 0 Å². The Kier molecular flexibility index (Phi) is 6.49. The molecule has 4 fully saturated rings. The summed E-state index contributed by atoms with van der Waals surface area (Å²) in [5, 5.41) is 10.9. The number of ether oxygens (including phenoxy) is 1. The van der Waals surface area contributed by atoms with Crippen molar-refractivity contribution in [3.8, 4) is 0 Å². The van der Waals surface area contributed by atoms with Crippen LogP contribution in [0.15, 0.2) is 54.3 Å². The number of allylic oxidation sites excluding steroid dienone is 3. The summed E-state index contributed by atoms with van der Waals surface area (Å²) in [5.41, 5.74) is 2.64. The number of hydrogen-bond acceptors (Lipinski definition) is 3. The summed E-state index contributed by atoms with van der Waals surface area (Å²) in [7, 11) is 0. The van der Waals surface area contributed by atoms with E-state index in [1.165, 1.54) is 44.1 Å². The Labute approximate surface area is 242 Å². The van der Waals surface area contributed by atoms with E-state index in [1.807, 2.05) is 30.3 Å². The van der Waals surface area contributed by atoms with Crippen LogP contribution in [0.5, 0.6) is 0 Å². The van der Waals surface area contributed by atoms with E-state index in [9.17, 15) is 9.90 Å². The van der Waals surface area contributed by atoms with Crippen LogP contribution in [0.25, 0.3) is 0 Å². The fourth-order valence-corrected chi connectivity index (χ4v) is 12.0. The van der Waals surface area contributed by atoms with Crippen molar-refractivity contribution in [2.75, 3.05) is 6.61 Å². The molecule has 0 saturated heterocycles. The molecule has 0 heterocycles. The lowest BCUT2D eigenvalue weighted by Gasteiger charge is -2.72. The molecule has 9 atom stereocenters. The maximum absolute atomic E-state index is 13.1. The molecule has 0 radical (unpaired) electrons. The monoisotopic (exact) mass is 544 g/mol. The third kappa shape index (κ3) is 3.70. The molecule has 0 aliphatic heterocycles. The van der Waals surface area contributed by atoms with E-state index in [-0.39, 0.29) is 33.0 Å². The lowest BCUT2D eigenvalue weighted by atomic mass is 9.32. The van der Waals surface area contributed by atoms with Gasteiger partial charge in [0.15, 0.2) is 0 Å². The van der Waals surface area contributed by atoms with Crippen molar-refractivity contribution in [2.24, 2.45) is 56.7 Å². The van der Waals surface area contributed by atoms with Crippen molar-refractivity contribution >= 4 is 5.97 Å². The van der Waals surface area contributed by atoms with Gasteiger partial charge in [-0.1, -0.05) is 65.0 Å². The first-order valence-electron chi connectivity index (χ1n) is 16.1. The second-order valence-corrected chi connectivity index (χ2v) is 16.0. The predicted molar refractivity (Wildman–Crippen MR) is 162 cm³/mol. The highest BCUT2D eigenvalue weighted by atomic mass is 16.5. The van der Waals surface area contributed by atoms with Crippen LogP contribution in [0, 0.1) is 56.7 Å². The number of aliphatic hydroxyl groups excluding tert-OH is 1. The van der Waals surface area contributed by atoms with Gasteiger partial charge in [-0.25, -0.2) is 4.79 Å². The van der Waals surface area contributed by atoms with Crippen molar-refractivity contribution in [1.29, 1.82) is 0 Å². The van der Waals surface area contributed by atoms with Crippen molar-refractivity contribution in [2.45, 2.75) is 99.3 Å². The molecule has 1 N–H and O–H groups in total. The lowest BCUT2D eigenvalue weighted by Crippen LogP contribution is -2.65. The summed E-state index contributed by atoms with van der Waals surface area (Å²) in [5.74, 6) is 3.29. The van der Waals surface area contributed by atoms with Crippen LogP contribution in [0.2, 0.25) is 0 Å². The quantitative estimate of drug-likeness (QED) is 0.303. The summed E-state index contributed by atoms with van der Waals surface area (Å²) in [6, 6.07) is 9.49. The van der Waals surface area contributed by atoms with Crippen LogP contribution in [0.3, 0.4) is 0 Å². The first kappa shape index (κ1) is 28.1. The number of rotatable bonds is 4. The normalized spacial score (nSPS) is 45.2. The largest absolute Gasteiger partial charge is 0.512 e. The zero-order valence-electron chi connectivity index (χ0n) is 25.9. The lowest BCUT2D eigenvalue weighted by molar-refractivity contribution is -0.231. The fourth-order valence-electron chi connectivity index (χ4n) is 12.0. The summed E-state index contributed by atoms with van der Waals surface area (Å²) in [4.78, 5) is 13.1.